The van der Waals surface area contributed by atoms with Crippen LogP contribution in [0, 0.1) is 12.3 Å². The summed E-state index contributed by atoms with van der Waals surface area (Å²) in [4.78, 5) is 32.5. The first kappa shape index (κ1) is 29.3. The van der Waals surface area contributed by atoms with Gasteiger partial charge in [0, 0.05) is 13.8 Å². The molecule has 17 nitrogen and oxygen atoms in total. The van der Waals surface area contributed by atoms with E-state index in [-0.39, 0.29) is 9.96 Å². The molecule has 0 radical (unpaired) electrons. The minimum absolute atomic E-state index is 0.247. The molecule has 1 fully saturated rings. The number of aliphatic imine (C=N–C) groups is 2. The Balaban J connectivity index is 2.00. The third kappa shape index (κ3) is 4.19. The summed E-state index contributed by atoms with van der Waals surface area (Å²) in [6.45, 7) is 3.70. The van der Waals surface area contributed by atoms with Crippen LogP contribution in [0.25, 0.3) is 0 Å². The normalized spacial score (nSPS) is 33.5. The zero-order chi connectivity index (χ0) is 29.8. The van der Waals surface area contributed by atoms with Crippen molar-refractivity contribution in [3.05, 3.63) is 29.8 Å². The van der Waals surface area contributed by atoms with Gasteiger partial charge in [-0.25, -0.2) is 9.89 Å². The maximum atomic E-state index is 13.3. The average molecular weight is 586 g/mol. The van der Waals surface area contributed by atoms with Crippen LogP contribution in [0.1, 0.15) is 26.3 Å². The fourth-order valence-electron chi connectivity index (χ4n) is 4.71. The summed E-state index contributed by atoms with van der Waals surface area (Å²) in [6.07, 6.45) is -4.67. The lowest BCUT2D eigenvalue weighted by molar-refractivity contribution is -0.349. The second-order valence-electron chi connectivity index (χ2n) is 9.28. The molecule has 1 aromatic rings. The number of aryl methyl sites for hydroxylation is 1. The number of aliphatic hydroxyl groups excluding tert-OH is 4. The zero-order valence-corrected chi connectivity index (χ0v) is 22.4. The second kappa shape index (κ2) is 9.75. The summed E-state index contributed by atoms with van der Waals surface area (Å²) in [5.74, 6) is -6.43. The van der Waals surface area contributed by atoms with Crippen LogP contribution in [0.4, 0.5) is 0 Å². The molecule has 1 aromatic carbocycles. The summed E-state index contributed by atoms with van der Waals surface area (Å²) < 4.78 is 48.4. The second-order valence-corrected chi connectivity index (χ2v) is 10.8. The molecule has 218 valence electrons. The highest BCUT2D eigenvalue weighted by Crippen LogP contribution is 2.52. The van der Waals surface area contributed by atoms with E-state index in [0.29, 0.717) is 11.2 Å². The van der Waals surface area contributed by atoms with Gasteiger partial charge in [-0.15, -0.1) is 4.28 Å². The number of amidine groups is 2. The van der Waals surface area contributed by atoms with Gasteiger partial charge in [0.2, 0.25) is 0 Å². The van der Waals surface area contributed by atoms with Crippen molar-refractivity contribution in [3.63, 3.8) is 0 Å². The van der Waals surface area contributed by atoms with Gasteiger partial charge in [-0.1, -0.05) is 17.7 Å². The maximum Gasteiger partial charge on any atom is 0.368 e. The third-order valence-electron chi connectivity index (χ3n) is 6.45. The molecule has 0 aliphatic carbocycles. The van der Waals surface area contributed by atoms with Crippen LogP contribution in [0.15, 0.2) is 39.1 Å². The summed E-state index contributed by atoms with van der Waals surface area (Å²) in [6, 6.07) is 4.14. The van der Waals surface area contributed by atoms with Crippen LogP contribution < -0.4 is 0 Å². The maximum absolute atomic E-state index is 13.3. The van der Waals surface area contributed by atoms with Crippen LogP contribution in [-0.4, -0.2) is 111 Å². The molecule has 0 saturated carbocycles. The lowest BCUT2D eigenvalue weighted by Gasteiger charge is -2.53. The van der Waals surface area contributed by atoms with Crippen molar-refractivity contribution in [2.45, 2.75) is 68.2 Å². The van der Waals surface area contributed by atoms with E-state index in [2.05, 4.69) is 9.98 Å². The van der Waals surface area contributed by atoms with Gasteiger partial charge in [0.25, 0.3) is 6.02 Å². The van der Waals surface area contributed by atoms with Crippen LogP contribution in [0.3, 0.4) is 0 Å². The summed E-state index contributed by atoms with van der Waals surface area (Å²) in [7, 11) is -4.81. The Bertz CT molecular complexity index is 1400. The number of carbonyl (C=O) groups excluding carboxylic acids is 2. The molecule has 18 heteroatoms. The van der Waals surface area contributed by atoms with E-state index >= 15 is 0 Å². The largest absolute Gasteiger partial charge is 0.480 e. The zero-order valence-electron chi connectivity index (χ0n) is 21.6. The summed E-state index contributed by atoms with van der Waals surface area (Å²) in [5, 5.41) is 51.0. The van der Waals surface area contributed by atoms with E-state index in [0.717, 1.165) is 26.3 Å². The Morgan fingerprint density at radius 2 is 1.75 bits per heavy atom. The molecular weight excluding hydrogens is 558 g/mol. The van der Waals surface area contributed by atoms with Crippen LogP contribution >= 0.6 is 0 Å². The topological polar surface area (TPSA) is 241 Å². The van der Waals surface area contributed by atoms with E-state index in [1.54, 1.807) is 6.92 Å². The molecule has 0 aromatic heterocycles. The van der Waals surface area contributed by atoms with Crippen LogP contribution in [0.2, 0.25) is 0 Å². The molecule has 0 bridgehead atoms. The molecule has 4 rings (SSSR count). The predicted octanol–water partition coefficient (Wildman–Crippen LogP) is -1.53. The number of rotatable bonds is 7. The number of fused-ring (bicyclic) bond motifs is 1. The van der Waals surface area contributed by atoms with Gasteiger partial charge in [-0.05, 0) is 26.0 Å². The minimum Gasteiger partial charge on any atom is -0.480 e. The molecule has 3 aliphatic rings. The highest BCUT2D eigenvalue weighted by atomic mass is 32.2. The number of benzene rings is 1. The smallest absolute Gasteiger partial charge is 0.368 e. The van der Waals surface area contributed by atoms with Crippen molar-refractivity contribution >= 4 is 40.3 Å². The number of nitrogens with one attached hydrogen (secondary N) is 1. The van der Waals surface area contributed by atoms with Crippen molar-refractivity contribution in [2.24, 2.45) is 9.98 Å². The molecule has 0 amide bonds. The standard InChI is InChI=1S/C22H27N5O12S/c1-11-5-7-14(8-6-11)40(34,35)39-26-10-24-18(23)21(36-12(2)29)22(26,37-13(3)30)27(19(33)25-21)20(4)17(32)16(31)15(9-28)38-20/h5-8,10,15-17,23,28,31-32H,9H2,1-4H3,(H,25,33)/t15-,16-,17-,20-,21?,22?/m1/s1. The van der Waals surface area contributed by atoms with Gasteiger partial charge in [0.1, 0.15) is 24.7 Å². The number of ether oxygens (including phenoxy) is 3. The van der Waals surface area contributed by atoms with E-state index in [4.69, 9.17) is 23.9 Å². The number of nitrogens with zero attached hydrogens (tertiary/aromatic N) is 4. The lowest BCUT2D eigenvalue weighted by atomic mass is 9.97. The number of aliphatic hydroxyl groups is 4. The first-order valence-electron chi connectivity index (χ1n) is 11.6. The van der Waals surface area contributed by atoms with Gasteiger partial charge >= 0.3 is 33.6 Å². The fourth-order valence-corrected chi connectivity index (χ4v) is 5.61. The first-order chi connectivity index (χ1) is 18.6. The quantitative estimate of drug-likeness (QED) is 0.228. The Morgan fingerprint density at radius 1 is 1.15 bits per heavy atom. The summed E-state index contributed by atoms with van der Waals surface area (Å²) >= 11 is 0. The van der Waals surface area contributed by atoms with E-state index in [1.165, 1.54) is 24.3 Å². The Hall–Kier alpha value is -3.68. The average Bonchev–Trinajstić information content (AvgIpc) is 3.24. The van der Waals surface area contributed by atoms with Gasteiger partial charge in [0.05, 0.1) is 11.5 Å². The number of hydrogen-bond acceptors (Lipinski definition) is 15. The molecule has 5 N–H and O–H groups in total. The highest BCUT2D eigenvalue weighted by Gasteiger charge is 2.80. The van der Waals surface area contributed by atoms with Crippen molar-refractivity contribution in [3.8, 4) is 0 Å². The van der Waals surface area contributed by atoms with E-state index in [9.17, 15) is 38.4 Å². The van der Waals surface area contributed by atoms with Crippen molar-refractivity contribution < 1.29 is 56.9 Å². The van der Waals surface area contributed by atoms with Crippen molar-refractivity contribution in [1.82, 2.24) is 9.96 Å². The van der Waals surface area contributed by atoms with Crippen LogP contribution in [0.5, 0.6) is 0 Å². The SMILES string of the molecule is CC(=O)OC12N=C(O)N([C@]3(C)O[C@H](CO)[C@@H](O)[C@H]3O)C1(OC(C)=O)N(OS(=O)(=O)c1ccc(C)cc1)C=NC2=N. The van der Waals surface area contributed by atoms with Gasteiger partial charge in [0.15, 0.2) is 11.6 Å². The first-order valence-corrected chi connectivity index (χ1v) is 13.0. The minimum atomic E-state index is -4.81. The molecule has 2 unspecified atom stereocenters. The monoisotopic (exact) mass is 585 g/mol. The Kier molecular flexibility index (Phi) is 7.14. The van der Waals surface area contributed by atoms with Gasteiger partial charge in [-0.3, -0.25) is 15.0 Å². The molecule has 3 aliphatic heterocycles. The molecular formula is C22H27N5O12S. The number of carbonyl (C=O) groups is 2. The Labute approximate surface area is 227 Å². The van der Waals surface area contributed by atoms with Gasteiger partial charge in [-0.2, -0.15) is 18.5 Å². The van der Waals surface area contributed by atoms with Gasteiger partial charge < -0.3 is 34.6 Å². The summed E-state index contributed by atoms with van der Waals surface area (Å²) in [5.41, 5.74) is -4.66. The molecule has 40 heavy (non-hydrogen) atoms. The molecule has 0 spiro atoms. The lowest BCUT2D eigenvalue weighted by Crippen LogP contribution is -2.80. The Morgan fingerprint density at radius 3 is 2.27 bits per heavy atom. The molecule has 1 saturated heterocycles. The number of hydroxylamine groups is 2. The number of hydrogen-bond donors (Lipinski definition) is 5. The molecule has 3 heterocycles. The predicted molar refractivity (Wildman–Crippen MR) is 131 cm³/mol. The number of esters is 2. The van der Waals surface area contributed by atoms with Crippen molar-refractivity contribution in [1.29, 1.82) is 5.41 Å². The third-order valence-corrected chi connectivity index (χ3v) is 7.65. The molecule has 6 atom stereocenters. The van der Waals surface area contributed by atoms with Crippen molar-refractivity contribution in [2.75, 3.05) is 6.61 Å². The fraction of sp³-hybridized carbons (Fsp3) is 0.500. The van der Waals surface area contributed by atoms with E-state index in [1.807, 2.05) is 0 Å². The van der Waals surface area contributed by atoms with Crippen LogP contribution in [-0.2, 0) is 38.2 Å². The van der Waals surface area contributed by atoms with E-state index < -0.39 is 76.1 Å². The highest BCUT2D eigenvalue weighted by molar-refractivity contribution is 7.86.